The Morgan fingerprint density at radius 3 is 2.21 bits per heavy atom. The van der Waals surface area contributed by atoms with Gasteiger partial charge >= 0.3 is 18.2 Å². The number of hydrogen-bond acceptors (Lipinski definition) is 3. The van der Waals surface area contributed by atoms with Crippen LogP contribution in [0.3, 0.4) is 0 Å². The Morgan fingerprint density at radius 2 is 1.79 bits per heavy atom. The van der Waals surface area contributed by atoms with Gasteiger partial charge in [0.15, 0.2) is 0 Å². The number of amides is 3. The van der Waals surface area contributed by atoms with E-state index in [-0.39, 0.29) is 13.0 Å². The molecule has 0 aromatic carbocycles. The fourth-order valence-corrected chi connectivity index (χ4v) is 1.15. The maximum absolute atomic E-state index is 11.8. The summed E-state index contributed by atoms with van der Waals surface area (Å²) < 4.78 is 35.5. The van der Waals surface area contributed by atoms with Crippen molar-refractivity contribution in [2.75, 3.05) is 19.6 Å². The van der Waals surface area contributed by atoms with Crippen LogP contribution in [0.1, 0.15) is 12.8 Å². The van der Waals surface area contributed by atoms with Crippen LogP contribution >= 0.6 is 0 Å². The molecule has 0 fully saturated rings. The molecule has 10 heteroatoms. The lowest BCUT2D eigenvalue weighted by Crippen LogP contribution is -2.46. The Balaban J connectivity index is 4.17. The molecule has 0 radical (unpaired) electrons. The molecule has 0 bridgehead atoms. The van der Waals surface area contributed by atoms with Gasteiger partial charge in [-0.2, -0.15) is 13.2 Å². The Kier molecular flexibility index (Phi) is 6.66. The zero-order chi connectivity index (χ0) is 15.1. The Labute approximate surface area is 106 Å². The van der Waals surface area contributed by atoms with Gasteiger partial charge < -0.3 is 21.1 Å². The van der Waals surface area contributed by atoms with E-state index in [9.17, 15) is 27.6 Å². The number of alkyl halides is 3. The molecule has 0 aliphatic rings. The largest absolute Gasteiger partial charge is 0.480 e. The first kappa shape index (κ1) is 17.0. The highest BCUT2D eigenvalue weighted by molar-refractivity contribution is 5.85. The van der Waals surface area contributed by atoms with E-state index in [1.54, 1.807) is 0 Å². The fourth-order valence-electron chi connectivity index (χ4n) is 1.15. The number of carboxylic acid groups (broad SMARTS) is 1. The van der Waals surface area contributed by atoms with Crippen molar-refractivity contribution in [2.24, 2.45) is 5.73 Å². The van der Waals surface area contributed by atoms with Crippen LogP contribution in [-0.4, -0.2) is 53.7 Å². The third-order valence-electron chi connectivity index (χ3n) is 1.87. The molecule has 19 heavy (non-hydrogen) atoms. The zero-order valence-corrected chi connectivity index (χ0v) is 9.87. The third-order valence-corrected chi connectivity index (χ3v) is 1.87. The monoisotopic (exact) mass is 285 g/mol. The molecule has 4 N–H and O–H groups in total. The van der Waals surface area contributed by atoms with Gasteiger partial charge in [-0.25, -0.2) is 4.79 Å². The summed E-state index contributed by atoms with van der Waals surface area (Å²) in [4.78, 5) is 33.0. The van der Waals surface area contributed by atoms with E-state index < -0.39 is 43.6 Å². The van der Waals surface area contributed by atoms with E-state index in [0.29, 0.717) is 4.90 Å². The smallest absolute Gasteiger partial charge is 0.389 e. The summed E-state index contributed by atoms with van der Waals surface area (Å²) >= 11 is 0. The minimum Gasteiger partial charge on any atom is -0.480 e. The molecule has 0 aliphatic heterocycles. The van der Waals surface area contributed by atoms with Crippen molar-refractivity contribution in [3.05, 3.63) is 0 Å². The number of carbonyl (C=O) groups is 3. The highest BCUT2D eigenvalue weighted by atomic mass is 19.4. The normalized spacial score (nSPS) is 10.9. The van der Waals surface area contributed by atoms with Crippen LogP contribution in [-0.2, 0) is 9.59 Å². The number of carbonyl (C=O) groups excluding carboxylic acids is 2. The summed E-state index contributed by atoms with van der Waals surface area (Å²) in [5.74, 6) is -2.29. The molecule has 3 amide bonds. The van der Waals surface area contributed by atoms with Crippen molar-refractivity contribution in [2.45, 2.75) is 19.0 Å². The lowest BCUT2D eigenvalue weighted by molar-refractivity contribution is -0.138. The molecule has 7 nitrogen and oxygen atoms in total. The molecular weight excluding hydrogens is 271 g/mol. The summed E-state index contributed by atoms with van der Waals surface area (Å²) in [5, 5.41) is 10.6. The van der Waals surface area contributed by atoms with Crippen LogP contribution in [0.15, 0.2) is 0 Å². The first-order valence-electron chi connectivity index (χ1n) is 5.21. The lowest BCUT2D eigenvalue weighted by atomic mass is 10.3. The van der Waals surface area contributed by atoms with Crippen molar-refractivity contribution >= 4 is 17.9 Å². The highest BCUT2D eigenvalue weighted by Gasteiger charge is 2.26. The van der Waals surface area contributed by atoms with Gasteiger partial charge in [0.25, 0.3) is 0 Å². The molecule has 0 atom stereocenters. The zero-order valence-electron chi connectivity index (χ0n) is 9.87. The Hall–Kier alpha value is -2.00. The van der Waals surface area contributed by atoms with E-state index in [0.717, 1.165) is 0 Å². The van der Waals surface area contributed by atoms with Crippen LogP contribution < -0.4 is 11.1 Å². The number of rotatable bonds is 7. The minimum absolute atomic E-state index is 0.284. The average Bonchev–Trinajstić information content (AvgIpc) is 2.20. The van der Waals surface area contributed by atoms with Crippen LogP contribution in [0.2, 0.25) is 0 Å². The van der Waals surface area contributed by atoms with Gasteiger partial charge in [-0.15, -0.1) is 0 Å². The molecule has 0 rings (SSSR count). The predicted octanol–water partition coefficient (Wildman–Crippen LogP) is -0.0896. The first-order valence-corrected chi connectivity index (χ1v) is 5.21. The maximum Gasteiger partial charge on any atom is 0.389 e. The first-order chi connectivity index (χ1) is 8.61. The van der Waals surface area contributed by atoms with Gasteiger partial charge in [-0.05, 0) is 6.42 Å². The summed E-state index contributed by atoms with van der Waals surface area (Å²) in [6, 6.07) is -0.955. The minimum atomic E-state index is -4.32. The molecule has 0 aliphatic carbocycles. The van der Waals surface area contributed by atoms with E-state index in [1.807, 2.05) is 0 Å². The van der Waals surface area contributed by atoms with Crippen molar-refractivity contribution < 1.29 is 32.7 Å². The maximum atomic E-state index is 11.8. The molecule has 0 heterocycles. The van der Waals surface area contributed by atoms with E-state index in [1.165, 1.54) is 0 Å². The van der Waals surface area contributed by atoms with E-state index in [4.69, 9.17) is 10.8 Å². The van der Waals surface area contributed by atoms with E-state index in [2.05, 4.69) is 5.32 Å². The molecule has 0 aromatic rings. The standard InChI is InChI=1S/C9H14F3N3O4/c10-9(11,12)2-1-3-14-8(19)15(4-6(13)16)5-7(17)18/h1-5H2,(H2,13,16)(H,14,19)(H,17,18). The predicted molar refractivity (Wildman–Crippen MR) is 57.1 cm³/mol. The SMILES string of the molecule is NC(=O)CN(CC(=O)O)C(=O)NCCCC(F)(F)F. The summed E-state index contributed by atoms with van der Waals surface area (Å²) in [7, 11) is 0. The number of hydrogen-bond donors (Lipinski definition) is 3. The average molecular weight is 285 g/mol. The Bertz CT molecular complexity index is 330. The van der Waals surface area contributed by atoms with Crippen LogP contribution in [0.4, 0.5) is 18.0 Å². The summed E-state index contributed by atoms with van der Waals surface area (Å²) in [6.07, 6.45) is -5.73. The second kappa shape index (κ2) is 7.44. The highest BCUT2D eigenvalue weighted by Crippen LogP contribution is 2.20. The van der Waals surface area contributed by atoms with Crippen LogP contribution in [0.25, 0.3) is 0 Å². The second-order valence-electron chi connectivity index (χ2n) is 3.67. The lowest BCUT2D eigenvalue weighted by Gasteiger charge is -2.19. The number of primary amides is 1. The molecule has 0 aromatic heterocycles. The van der Waals surface area contributed by atoms with E-state index >= 15 is 0 Å². The van der Waals surface area contributed by atoms with Gasteiger partial charge in [0.1, 0.15) is 13.1 Å². The molecule has 0 saturated carbocycles. The quantitative estimate of drug-likeness (QED) is 0.567. The van der Waals surface area contributed by atoms with Gasteiger partial charge in [0.05, 0.1) is 0 Å². The van der Waals surface area contributed by atoms with Gasteiger partial charge in [-0.1, -0.05) is 0 Å². The third kappa shape index (κ3) is 9.68. The summed E-state index contributed by atoms with van der Waals surface area (Å²) in [6.45, 7) is -1.68. The molecule has 0 unspecified atom stereocenters. The Morgan fingerprint density at radius 1 is 1.21 bits per heavy atom. The number of carboxylic acids is 1. The number of urea groups is 1. The van der Waals surface area contributed by atoms with Crippen molar-refractivity contribution in [1.29, 1.82) is 0 Å². The summed E-state index contributed by atoms with van der Waals surface area (Å²) in [5.41, 5.74) is 4.82. The number of nitrogens with one attached hydrogen (secondary N) is 1. The fraction of sp³-hybridized carbons (Fsp3) is 0.667. The molecular formula is C9H14F3N3O4. The van der Waals surface area contributed by atoms with Crippen molar-refractivity contribution in [3.63, 3.8) is 0 Å². The number of nitrogens with two attached hydrogens (primary N) is 1. The van der Waals surface area contributed by atoms with Gasteiger partial charge in [-0.3, -0.25) is 9.59 Å². The van der Waals surface area contributed by atoms with Gasteiger partial charge in [0, 0.05) is 13.0 Å². The van der Waals surface area contributed by atoms with Crippen molar-refractivity contribution in [1.82, 2.24) is 10.2 Å². The van der Waals surface area contributed by atoms with Gasteiger partial charge in [0.2, 0.25) is 5.91 Å². The number of aliphatic carboxylic acids is 1. The second-order valence-corrected chi connectivity index (χ2v) is 3.67. The number of nitrogens with zero attached hydrogens (tertiary/aromatic N) is 1. The molecule has 0 spiro atoms. The van der Waals surface area contributed by atoms with Crippen LogP contribution in [0.5, 0.6) is 0 Å². The molecule has 110 valence electrons. The molecule has 0 saturated heterocycles. The topological polar surface area (TPSA) is 113 Å². The van der Waals surface area contributed by atoms with Crippen LogP contribution in [0, 0.1) is 0 Å². The van der Waals surface area contributed by atoms with Crippen molar-refractivity contribution in [3.8, 4) is 0 Å². The number of halogens is 3.